The Bertz CT molecular complexity index is 1000. The van der Waals surface area contributed by atoms with Crippen molar-refractivity contribution in [2.45, 2.75) is 13.8 Å². The van der Waals surface area contributed by atoms with Crippen LogP contribution in [0.15, 0.2) is 52.4 Å². The van der Waals surface area contributed by atoms with E-state index in [1.165, 1.54) is 34.9 Å². The van der Waals surface area contributed by atoms with E-state index in [4.69, 9.17) is 4.74 Å². The second kappa shape index (κ2) is 8.78. The Morgan fingerprint density at radius 1 is 1.21 bits per heavy atom. The number of rotatable bonds is 6. The summed E-state index contributed by atoms with van der Waals surface area (Å²) in [5, 5.41) is 23.0. The molecule has 2 aromatic rings. The molecule has 0 saturated carbocycles. The van der Waals surface area contributed by atoms with Crippen LogP contribution in [0.25, 0.3) is 6.08 Å². The number of carbonyl (C=O) groups excluding carboxylic acids is 1. The van der Waals surface area contributed by atoms with Crippen LogP contribution in [0.4, 0.5) is 11.4 Å². The number of amides is 1. The Hall–Kier alpha value is -3.33. The second-order valence-corrected chi connectivity index (χ2v) is 6.97. The fourth-order valence-electron chi connectivity index (χ4n) is 2.68. The molecule has 0 aliphatic carbocycles. The first-order valence-electron chi connectivity index (χ1n) is 8.91. The van der Waals surface area contributed by atoms with Crippen molar-refractivity contribution in [2.24, 2.45) is 4.99 Å². The lowest BCUT2D eigenvalue weighted by Crippen LogP contribution is -2.28. The maximum absolute atomic E-state index is 12.7. The van der Waals surface area contributed by atoms with Gasteiger partial charge in [-0.25, -0.2) is 4.99 Å². The summed E-state index contributed by atoms with van der Waals surface area (Å²) >= 11 is 1.18. The molecule has 1 heterocycles. The van der Waals surface area contributed by atoms with E-state index in [-0.39, 0.29) is 5.91 Å². The number of benzene rings is 2. The number of thioether (sulfide) groups is 1. The maximum atomic E-state index is 12.7. The van der Waals surface area contributed by atoms with Gasteiger partial charge in [0.25, 0.3) is 11.6 Å². The molecule has 2 aromatic carbocycles. The third-order valence-corrected chi connectivity index (χ3v) is 5.06. The minimum absolute atomic E-state index is 0.240. The van der Waals surface area contributed by atoms with Crippen LogP contribution in [0.3, 0.4) is 0 Å². The van der Waals surface area contributed by atoms with Gasteiger partial charge in [0.1, 0.15) is 5.75 Å². The molecule has 0 atom stereocenters. The Morgan fingerprint density at radius 3 is 2.55 bits per heavy atom. The van der Waals surface area contributed by atoms with Gasteiger partial charge in [0.15, 0.2) is 5.17 Å². The fraction of sp³-hybridized carbons (Fsp3) is 0.200. The molecule has 0 radical (unpaired) electrons. The molecule has 8 nitrogen and oxygen atoms in total. The lowest BCUT2D eigenvalue weighted by Gasteiger charge is -2.12. The normalized spacial score (nSPS) is 16.6. The fourth-order valence-corrected chi connectivity index (χ4v) is 3.74. The summed E-state index contributed by atoms with van der Waals surface area (Å²) in [5.41, 5.74) is 0.561. The standard InChI is InChI=1S/C20H19N3O5S/c1-3-22-19(25)18(12-13-5-10-17(24)16(11-13)23(26)27)29-20(22)21-14-6-8-15(9-7-14)28-4-2/h5-12,24H,3-4H2,1-2H3/p-1/b18-12-,21-20?. The van der Waals surface area contributed by atoms with E-state index in [9.17, 15) is 20.0 Å². The van der Waals surface area contributed by atoms with E-state index in [1.807, 2.05) is 13.8 Å². The molecule has 9 heteroatoms. The van der Waals surface area contributed by atoms with E-state index in [2.05, 4.69) is 4.99 Å². The molecule has 1 saturated heterocycles. The van der Waals surface area contributed by atoms with Crippen molar-refractivity contribution in [3.05, 3.63) is 63.0 Å². The molecule has 1 aliphatic rings. The zero-order valence-corrected chi connectivity index (χ0v) is 16.6. The summed E-state index contributed by atoms with van der Waals surface area (Å²) in [6.07, 6.45) is 1.53. The number of nitro benzene ring substituents is 1. The first kappa shape index (κ1) is 20.4. The van der Waals surface area contributed by atoms with Gasteiger partial charge in [0, 0.05) is 12.6 Å². The SMILES string of the molecule is CCOc1ccc(N=C2S/C(=C\c3ccc([O-])c([N+](=O)[O-])c3)C(=O)N2CC)cc1. The summed E-state index contributed by atoms with van der Waals surface area (Å²) in [5.74, 6) is -0.172. The van der Waals surface area contributed by atoms with Crippen molar-refractivity contribution in [2.75, 3.05) is 13.2 Å². The van der Waals surface area contributed by atoms with Crippen molar-refractivity contribution in [1.29, 1.82) is 0 Å². The number of amidine groups is 1. The van der Waals surface area contributed by atoms with Gasteiger partial charge in [-0.05, 0) is 67.3 Å². The zero-order valence-electron chi connectivity index (χ0n) is 15.8. The average Bonchev–Trinajstić information content (AvgIpc) is 2.99. The lowest BCUT2D eigenvalue weighted by atomic mass is 10.1. The summed E-state index contributed by atoms with van der Waals surface area (Å²) < 4.78 is 5.41. The molecule has 29 heavy (non-hydrogen) atoms. The highest BCUT2D eigenvalue weighted by molar-refractivity contribution is 8.18. The van der Waals surface area contributed by atoms with Crippen LogP contribution in [0, 0.1) is 10.1 Å². The van der Waals surface area contributed by atoms with E-state index in [0.29, 0.717) is 34.5 Å². The molecule has 1 fully saturated rings. The molecular weight excluding hydrogens is 394 g/mol. The molecular formula is C20H18N3O5S-. The van der Waals surface area contributed by atoms with Crippen molar-refractivity contribution >= 4 is 40.3 Å². The number of nitrogens with zero attached hydrogens (tertiary/aromatic N) is 3. The molecule has 1 amide bonds. The Kier molecular flexibility index (Phi) is 6.18. The zero-order chi connectivity index (χ0) is 21.0. The van der Waals surface area contributed by atoms with Gasteiger partial charge < -0.3 is 9.84 Å². The minimum atomic E-state index is -0.731. The number of nitro groups is 1. The number of aliphatic imine (C=N–C) groups is 1. The van der Waals surface area contributed by atoms with Crippen molar-refractivity contribution in [3.8, 4) is 11.5 Å². The van der Waals surface area contributed by atoms with E-state index >= 15 is 0 Å². The molecule has 150 valence electrons. The minimum Gasteiger partial charge on any atom is -0.868 e. The van der Waals surface area contributed by atoms with Gasteiger partial charge in [-0.1, -0.05) is 12.1 Å². The summed E-state index contributed by atoms with van der Waals surface area (Å²) in [7, 11) is 0. The average molecular weight is 412 g/mol. The van der Waals surface area contributed by atoms with Gasteiger partial charge in [0.2, 0.25) is 0 Å². The Labute approximate surface area is 171 Å². The van der Waals surface area contributed by atoms with Crippen molar-refractivity contribution in [3.63, 3.8) is 0 Å². The summed E-state index contributed by atoms with van der Waals surface area (Å²) in [6.45, 7) is 4.74. The van der Waals surface area contributed by atoms with Crippen LogP contribution in [0.5, 0.6) is 11.5 Å². The highest BCUT2D eigenvalue weighted by Gasteiger charge is 2.32. The maximum Gasteiger partial charge on any atom is 0.266 e. The van der Waals surface area contributed by atoms with Crippen LogP contribution in [-0.2, 0) is 4.79 Å². The van der Waals surface area contributed by atoms with Gasteiger partial charge in [-0.3, -0.25) is 19.8 Å². The summed E-state index contributed by atoms with van der Waals surface area (Å²) in [6, 6.07) is 11.0. The summed E-state index contributed by atoms with van der Waals surface area (Å²) in [4.78, 5) is 29.4. The van der Waals surface area contributed by atoms with Crippen LogP contribution in [0.2, 0.25) is 0 Å². The van der Waals surface area contributed by atoms with E-state index in [0.717, 1.165) is 11.8 Å². The van der Waals surface area contributed by atoms with Gasteiger partial charge in [-0.15, -0.1) is 0 Å². The van der Waals surface area contributed by atoms with E-state index in [1.54, 1.807) is 24.3 Å². The number of carbonyl (C=O) groups is 1. The Morgan fingerprint density at radius 2 is 1.93 bits per heavy atom. The molecule has 0 spiro atoms. The van der Waals surface area contributed by atoms with Gasteiger partial charge in [-0.2, -0.15) is 0 Å². The van der Waals surface area contributed by atoms with Crippen LogP contribution in [-0.4, -0.2) is 34.0 Å². The van der Waals surface area contributed by atoms with E-state index < -0.39 is 16.4 Å². The monoisotopic (exact) mass is 412 g/mol. The number of hydrogen-bond donors (Lipinski definition) is 0. The largest absolute Gasteiger partial charge is 0.868 e. The first-order chi connectivity index (χ1) is 13.9. The third kappa shape index (κ3) is 4.57. The molecule has 0 aromatic heterocycles. The lowest BCUT2D eigenvalue weighted by molar-refractivity contribution is -0.398. The predicted molar refractivity (Wildman–Crippen MR) is 110 cm³/mol. The topological polar surface area (TPSA) is 108 Å². The molecule has 0 N–H and O–H groups in total. The molecule has 3 rings (SSSR count). The predicted octanol–water partition coefficient (Wildman–Crippen LogP) is 3.69. The quantitative estimate of drug-likeness (QED) is 0.407. The molecule has 0 unspecified atom stereocenters. The first-order valence-corrected chi connectivity index (χ1v) is 9.73. The number of ether oxygens (including phenoxy) is 1. The van der Waals surface area contributed by atoms with Gasteiger partial charge >= 0.3 is 0 Å². The third-order valence-electron chi connectivity index (χ3n) is 4.05. The molecule has 1 aliphatic heterocycles. The van der Waals surface area contributed by atoms with Crippen LogP contribution >= 0.6 is 11.8 Å². The van der Waals surface area contributed by atoms with Crippen molar-refractivity contribution < 1.29 is 19.6 Å². The van der Waals surface area contributed by atoms with Crippen LogP contribution in [0.1, 0.15) is 19.4 Å². The number of hydrogen-bond acceptors (Lipinski definition) is 7. The smallest absolute Gasteiger partial charge is 0.266 e. The Balaban J connectivity index is 1.89. The highest BCUT2D eigenvalue weighted by atomic mass is 32.2. The second-order valence-electron chi connectivity index (χ2n) is 5.97. The molecule has 0 bridgehead atoms. The van der Waals surface area contributed by atoms with Crippen molar-refractivity contribution in [1.82, 2.24) is 4.90 Å². The number of likely N-dealkylation sites (N-methyl/N-ethyl adjacent to an activating group) is 1. The van der Waals surface area contributed by atoms with Crippen LogP contribution < -0.4 is 9.84 Å². The highest BCUT2D eigenvalue weighted by Crippen LogP contribution is 2.35. The van der Waals surface area contributed by atoms with Gasteiger partial charge in [0.05, 0.1) is 22.1 Å².